The number of carbonyl (C=O) groups is 1. The molecule has 0 saturated carbocycles. The van der Waals surface area contributed by atoms with Crippen molar-refractivity contribution in [3.05, 3.63) is 87.9 Å². The number of nitrogens with zero attached hydrogens (tertiary/aromatic N) is 3. The molecule has 1 amide bonds. The molecule has 0 saturated heterocycles. The number of guanidine groups is 1. The zero-order valence-electron chi connectivity index (χ0n) is 19.8. The number of carbonyl (C=O) groups excluding carboxylic acids is 1. The van der Waals surface area contributed by atoms with Gasteiger partial charge in [0, 0.05) is 23.5 Å². The van der Waals surface area contributed by atoms with Gasteiger partial charge in [-0.25, -0.2) is 4.99 Å². The number of halogens is 2. The standard InChI is InChI=1S/C27H25Cl2N5O2/c1-16(35)32-23-14-31-25-27(33-26(30)34(25)15-23,19-6-8-24(36-2)9-7-19)20-5-3-4-17(10-20)18-11-21(28)13-22(29)12-18/h3-13,23H,14-15H2,1-2H3,(H2,30,33)(H,32,35). The van der Waals surface area contributed by atoms with Crippen LogP contribution in [0, 0.1) is 0 Å². The molecule has 0 aromatic heterocycles. The normalized spacial score (nSPS) is 20.9. The highest BCUT2D eigenvalue weighted by Crippen LogP contribution is 2.43. The SMILES string of the molecule is COc1ccc(C2(c3cccc(-c4cc(Cl)cc(Cl)c4)c3)N=C(N)N3CC(NC(C)=O)CN=C32)cc1. The van der Waals surface area contributed by atoms with Crippen LogP contribution in [0.5, 0.6) is 5.75 Å². The van der Waals surface area contributed by atoms with Gasteiger partial charge >= 0.3 is 0 Å². The fraction of sp³-hybridized carbons (Fsp3) is 0.222. The molecule has 36 heavy (non-hydrogen) atoms. The second-order valence-corrected chi connectivity index (χ2v) is 9.69. The number of ether oxygens (including phenoxy) is 1. The van der Waals surface area contributed by atoms with Crippen molar-refractivity contribution in [2.45, 2.75) is 18.5 Å². The van der Waals surface area contributed by atoms with E-state index in [9.17, 15) is 4.79 Å². The van der Waals surface area contributed by atoms with Crippen LogP contribution in [0.4, 0.5) is 0 Å². The molecule has 9 heteroatoms. The lowest BCUT2D eigenvalue weighted by molar-refractivity contribution is -0.119. The summed E-state index contributed by atoms with van der Waals surface area (Å²) in [5, 5.41) is 4.05. The van der Waals surface area contributed by atoms with Crippen LogP contribution in [0.1, 0.15) is 18.1 Å². The number of amidine groups is 1. The summed E-state index contributed by atoms with van der Waals surface area (Å²) in [5.41, 5.74) is 9.14. The summed E-state index contributed by atoms with van der Waals surface area (Å²) in [4.78, 5) is 23.5. The molecule has 2 unspecified atom stereocenters. The zero-order valence-corrected chi connectivity index (χ0v) is 21.3. The summed E-state index contributed by atoms with van der Waals surface area (Å²) >= 11 is 12.6. The van der Waals surface area contributed by atoms with Crippen molar-refractivity contribution in [3.8, 4) is 16.9 Å². The first-order valence-electron chi connectivity index (χ1n) is 11.5. The molecule has 5 rings (SSSR count). The second kappa shape index (κ2) is 9.48. The maximum atomic E-state index is 11.7. The van der Waals surface area contributed by atoms with E-state index in [1.165, 1.54) is 6.92 Å². The Kier molecular flexibility index (Phi) is 6.36. The number of nitrogens with one attached hydrogen (secondary N) is 1. The molecule has 0 aliphatic carbocycles. The predicted octanol–water partition coefficient (Wildman–Crippen LogP) is 4.46. The number of nitrogens with two attached hydrogens (primary N) is 1. The summed E-state index contributed by atoms with van der Waals surface area (Å²) in [6.45, 7) is 2.40. The van der Waals surface area contributed by atoms with Gasteiger partial charge in [-0.2, -0.15) is 0 Å². The smallest absolute Gasteiger partial charge is 0.217 e. The number of rotatable bonds is 5. The minimum atomic E-state index is -0.976. The van der Waals surface area contributed by atoms with Gasteiger partial charge in [0.2, 0.25) is 5.91 Å². The Labute approximate surface area is 219 Å². The maximum absolute atomic E-state index is 11.7. The van der Waals surface area contributed by atoms with Crippen LogP contribution in [-0.2, 0) is 10.3 Å². The third-order valence-corrected chi connectivity index (χ3v) is 6.83. The van der Waals surface area contributed by atoms with E-state index >= 15 is 0 Å². The Morgan fingerprint density at radius 3 is 2.44 bits per heavy atom. The predicted molar refractivity (Wildman–Crippen MR) is 144 cm³/mol. The average molecular weight is 522 g/mol. The molecular weight excluding hydrogens is 497 g/mol. The van der Waals surface area contributed by atoms with Crippen LogP contribution in [0.25, 0.3) is 11.1 Å². The van der Waals surface area contributed by atoms with Crippen LogP contribution in [0.15, 0.2) is 76.7 Å². The van der Waals surface area contributed by atoms with Gasteiger partial charge in [0.15, 0.2) is 11.5 Å². The van der Waals surface area contributed by atoms with Crippen molar-refractivity contribution in [2.75, 3.05) is 20.2 Å². The Hall–Kier alpha value is -3.55. The number of hydrogen-bond acceptors (Lipinski definition) is 6. The Balaban J connectivity index is 1.68. The van der Waals surface area contributed by atoms with E-state index in [1.54, 1.807) is 13.2 Å². The second-order valence-electron chi connectivity index (χ2n) is 8.82. The summed E-state index contributed by atoms with van der Waals surface area (Å²) in [6, 6.07) is 21.1. The maximum Gasteiger partial charge on any atom is 0.217 e. The van der Waals surface area contributed by atoms with Crippen LogP contribution in [0.2, 0.25) is 10.0 Å². The fourth-order valence-corrected chi connectivity index (χ4v) is 5.38. The first-order valence-corrected chi connectivity index (χ1v) is 12.2. The molecule has 184 valence electrons. The average Bonchev–Trinajstić information content (AvgIpc) is 3.16. The molecule has 0 spiro atoms. The lowest BCUT2D eigenvalue weighted by Crippen LogP contribution is -2.55. The number of aliphatic imine (C=N–C) groups is 2. The van der Waals surface area contributed by atoms with E-state index < -0.39 is 5.54 Å². The van der Waals surface area contributed by atoms with E-state index in [4.69, 9.17) is 43.7 Å². The van der Waals surface area contributed by atoms with Gasteiger partial charge in [0.25, 0.3) is 0 Å². The minimum Gasteiger partial charge on any atom is -0.497 e. The first kappa shape index (κ1) is 24.2. The van der Waals surface area contributed by atoms with E-state index in [-0.39, 0.29) is 11.9 Å². The van der Waals surface area contributed by atoms with Gasteiger partial charge < -0.3 is 15.8 Å². The zero-order chi connectivity index (χ0) is 25.4. The molecule has 2 atom stereocenters. The lowest BCUT2D eigenvalue weighted by atomic mass is 9.80. The molecule has 2 aliphatic heterocycles. The molecular formula is C27H25Cl2N5O2. The first-order chi connectivity index (χ1) is 17.3. The highest BCUT2D eigenvalue weighted by atomic mass is 35.5. The number of amides is 1. The lowest BCUT2D eigenvalue weighted by Gasteiger charge is -2.35. The highest BCUT2D eigenvalue weighted by molar-refractivity contribution is 6.35. The van der Waals surface area contributed by atoms with E-state index in [2.05, 4.69) is 11.4 Å². The molecule has 3 aromatic carbocycles. The highest BCUT2D eigenvalue weighted by Gasteiger charge is 2.50. The summed E-state index contributed by atoms with van der Waals surface area (Å²) in [5.74, 6) is 1.69. The van der Waals surface area contributed by atoms with E-state index in [0.717, 1.165) is 28.0 Å². The van der Waals surface area contributed by atoms with Crippen molar-refractivity contribution in [2.24, 2.45) is 15.7 Å². The molecule has 2 aliphatic rings. The molecule has 0 fully saturated rings. The molecule has 2 heterocycles. The fourth-order valence-electron chi connectivity index (χ4n) is 4.85. The minimum absolute atomic E-state index is 0.109. The van der Waals surface area contributed by atoms with Crippen LogP contribution in [0.3, 0.4) is 0 Å². The number of hydrogen-bond donors (Lipinski definition) is 2. The van der Waals surface area contributed by atoms with Gasteiger partial charge in [-0.3, -0.25) is 14.7 Å². The van der Waals surface area contributed by atoms with Crippen LogP contribution in [-0.4, -0.2) is 48.8 Å². The largest absolute Gasteiger partial charge is 0.497 e. The van der Waals surface area contributed by atoms with E-state index in [1.807, 2.05) is 59.5 Å². The van der Waals surface area contributed by atoms with Gasteiger partial charge in [0.05, 0.1) is 19.7 Å². The van der Waals surface area contributed by atoms with Gasteiger partial charge in [-0.15, -0.1) is 0 Å². The van der Waals surface area contributed by atoms with Gasteiger partial charge in [-0.1, -0.05) is 53.5 Å². The van der Waals surface area contributed by atoms with Gasteiger partial charge in [0.1, 0.15) is 11.6 Å². The van der Waals surface area contributed by atoms with Crippen molar-refractivity contribution >= 4 is 40.9 Å². The van der Waals surface area contributed by atoms with Crippen molar-refractivity contribution in [1.29, 1.82) is 0 Å². The Morgan fingerprint density at radius 2 is 1.78 bits per heavy atom. The van der Waals surface area contributed by atoms with Gasteiger partial charge in [-0.05, 0) is 58.7 Å². The molecule has 0 radical (unpaired) electrons. The Bertz CT molecular complexity index is 1370. The quantitative estimate of drug-likeness (QED) is 0.518. The third-order valence-electron chi connectivity index (χ3n) is 6.39. The number of methoxy groups -OCH3 is 1. The number of fused-ring (bicyclic) bond motifs is 1. The van der Waals surface area contributed by atoms with Crippen molar-refractivity contribution in [3.63, 3.8) is 0 Å². The molecule has 0 bridgehead atoms. The van der Waals surface area contributed by atoms with Crippen LogP contribution >= 0.6 is 23.2 Å². The molecule has 3 aromatic rings. The summed E-state index contributed by atoms with van der Waals surface area (Å²) in [6.07, 6.45) is 0. The number of benzene rings is 3. The summed E-state index contributed by atoms with van der Waals surface area (Å²) < 4.78 is 5.38. The third kappa shape index (κ3) is 4.29. The Morgan fingerprint density at radius 1 is 1.06 bits per heavy atom. The topological polar surface area (TPSA) is 92.3 Å². The molecule has 3 N–H and O–H groups in total. The summed E-state index contributed by atoms with van der Waals surface area (Å²) in [7, 11) is 1.63. The molecule has 7 nitrogen and oxygen atoms in total. The van der Waals surface area contributed by atoms with Crippen molar-refractivity contribution in [1.82, 2.24) is 10.2 Å². The monoisotopic (exact) mass is 521 g/mol. The van der Waals surface area contributed by atoms with Crippen molar-refractivity contribution < 1.29 is 9.53 Å². The van der Waals surface area contributed by atoms with Crippen LogP contribution < -0.4 is 15.8 Å². The van der Waals surface area contributed by atoms with E-state index in [0.29, 0.717) is 34.9 Å².